The van der Waals surface area contributed by atoms with Crippen molar-refractivity contribution in [2.75, 3.05) is 20.3 Å². The minimum absolute atomic E-state index is 0.0247. The summed E-state index contributed by atoms with van der Waals surface area (Å²) in [5, 5.41) is 0. The molecule has 0 radical (unpaired) electrons. The lowest BCUT2D eigenvalue weighted by Gasteiger charge is -2.48. The van der Waals surface area contributed by atoms with Gasteiger partial charge in [0.25, 0.3) is 0 Å². The third-order valence-electron chi connectivity index (χ3n) is 11.7. The predicted octanol–water partition coefficient (Wildman–Crippen LogP) is 11.9. The van der Waals surface area contributed by atoms with Crippen LogP contribution in [-0.2, 0) is 25.5 Å². The summed E-state index contributed by atoms with van der Waals surface area (Å²) in [7, 11) is 1.75. The van der Waals surface area contributed by atoms with Crippen molar-refractivity contribution in [2.24, 2.45) is 28.1 Å². The first kappa shape index (κ1) is 46.1. The third-order valence-corrected chi connectivity index (χ3v) is 11.7. The van der Waals surface area contributed by atoms with Crippen molar-refractivity contribution in [1.29, 1.82) is 0 Å². The van der Waals surface area contributed by atoms with E-state index in [1.165, 1.54) is 66.2 Å². The van der Waals surface area contributed by atoms with Crippen LogP contribution in [-0.4, -0.2) is 37.7 Å². The molecule has 2 rings (SSSR count). The number of carbonyl (C=O) groups is 2. The molecule has 0 aliphatic carbocycles. The third kappa shape index (κ3) is 14.9. The van der Waals surface area contributed by atoms with E-state index in [9.17, 15) is 9.59 Å². The Kier molecular flexibility index (Phi) is 19.3. The standard InChI is InChI=1S/C25H42O.C11H20O3.C7H16O/c1-16(2)17(3)12-11-14-24(8,9)25(10)15-13-22-20(6)18(4)19(5)21(7)23(22)26-25;1-5-11(3,4)8-14-10(13)7-6-9(2)12;1-5-7(2,3)6-8-4/h16-17H,11-15H2,1-10H3;5-8H2,1-4H3;5-6H2,1-4H3. The van der Waals surface area contributed by atoms with Crippen LogP contribution < -0.4 is 4.74 Å². The molecule has 0 fully saturated rings. The first-order chi connectivity index (χ1) is 21.9. The van der Waals surface area contributed by atoms with E-state index >= 15 is 0 Å². The van der Waals surface area contributed by atoms with Gasteiger partial charge in [-0.1, -0.05) is 89.0 Å². The molecular formula is C43H78O5. The van der Waals surface area contributed by atoms with Crippen LogP contribution in [0.2, 0.25) is 0 Å². The molecule has 0 aromatic heterocycles. The Morgan fingerprint density at radius 1 is 0.833 bits per heavy atom. The van der Waals surface area contributed by atoms with Gasteiger partial charge in [-0.3, -0.25) is 4.79 Å². The first-order valence-electron chi connectivity index (χ1n) is 18.8. The number of rotatable bonds is 15. The highest BCUT2D eigenvalue weighted by atomic mass is 16.5. The largest absolute Gasteiger partial charge is 0.486 e. The van der Waals surface area contributed by atoms with Gasteiger partial charge in [-0.25, -0.2) is 0 Å². The average molecular weight is 675 g/mol. The number of ether oxygens (including phenoxy) is 3. The zero-order valence-corrected chi connectivity index (χ0v) is 35.0. The molecule has 1 aliphatic rings. The van der Waals surface area contributed by atoms with Gasteiger partial charge >= 0.3 is 5.97 Å². The fourth-order valence-electron chi connectivity index (χ4n) is 5.60. The van der Waals surface area contributed by atoms with Gasteiger partial charge in [-0.2, -0.15) is 0 Å². The topological polar surface area (TPSA) is 61.8 Å². The molecule has 0 saturated heterocycles. The minimum Gasteiger partial charge on any atom is -0.486 e. The van der Waals surface area contributed by atoms with Crippen LogP contribution >= 0.6 is 0 Å². The predicted molar refractivity (Wildman–Crippen MR) is 205 cm³/mol. The second-order valence-corrected chi connectivity index (χ2v) is 17.5. The molecule has 5 heteroatoms. The van der Waals surface area contributed by atoms with Crippen LogP contribution in [0.1, 0.15) is 169 Å². The monoisotopic (exact) mass is 675 g/mol. The Morgan fingerprint density at radius 3 is 1.81 bits per heavy atom. The molecule has 1 aromatic carbocycles. The normalized spacial score (nSPS) is 16.9. The molecule has 1 aliphatic heterocycles. The van der Waals surface area contributed by atoms with E-state index in [4.69, 9.17) is 14.2 Å². The van der Waals surface area contributed by atoms with Crippen molar-refractivity contribution in [3.05, 3.63) is 27.8 Å². The van der Waals surface area contributed by atoms with Crippen LogP contribution in [0.25, 0.3) is 0 Å². The average Bonchev–Trinajstić information content (AvgIpc) is 3.01. The molecule has 0 N–H and O–H groups in total. The van der Waals surface area contributed by atoms with Gasteiger partial charge in [0.15, 0.2) is 0 Å². The summed E-state index contributed by atoms with van der Waals surface area (Å²) in [6, 6.07) is 0. The zero-order chi connectivity index (χ0) is 37.7. The summed E-state index contributed by atoms with van der Waals surface area (Å²) in [6.07, 6.45) is 8.75. The smallest absolute Gasteiger partial charge is 0.306 e. The maximum atomic E-state index is 11.1. The van der Waals surface area contributed by atoms with Crippen molar-refractivity contribution in [1.82, 2.24) is 0 Å². The first-order valence-corrected chi connectivity index (χ1v) is 18.8. The number of hydrogen-bond acceptors (Lipinski definition) is 5. The van der Waals surface area contributed by atoms with Gasteiger partial charge in [0.1, 0.15) is 17.1 Å². The van der Waals surface area contributed by atoms with Crippen molar-refractivity contribution in [2.45, 2.75) is 181 Å². The maximum absolute atomic E-state index is 11.1. The number of hydrogen-bond donors (Lipinski definition) is 0. The van der Waals surface area contributed by atoms with Crippen LogP contribution in [0.3, 0.4) is 0 Å². The van der Waals surface area contributed by atoms with E-state index in [1.54, 1.807) is 7.11 Å². The number of benzene rings is 1. The van der Waals surface area contributed by atoms with Gasteiger partial charge in [0.2, 0.25) is 0 Å². The summed E-state index contributed by atoms with van der Waals surface area (Å²) in [5.41, 5.74) is 7.57. The van der Waals surface area contributed by atoms with Crippen LogP contribution in [0.5, 0.6) is 5.75 Å². The van der Waals surface area contributed by atoms with E-state index in [-0.39, 0.29) is 41.0 Å². The van der Waals surface area contributed by atoms with Gasteiger partial charge in [-0.05, 0) is 124 Å². The number of esters is 1. The minimum atomic E-state index is -0.276. The van der Waals surface area contributed by atoms with E-state index < -0.39 is 0 Å². The van der Waals surface area contributed by atoms with Crippen LogP contribution in [0.4, 0.5) is 0 Å². The number of ketones is 1. The lowest BCUT2D eigenvalue weighted by Crippen LogP contribution is -2.49. The van der Waals surface area contributed by atoms with Crippen LogP contribution in [0.15, 0.2) is 0 Å². The molecule has 280 valence electrons. The molecule has 1 aromatic rings. The van der Waals surface area contributed by atoms with Gasteiger partial charge in [0, 0.05) is 18.9 Å². The van der Waals surface area contributed by atoms with Gasteiger partial charge in [-0.15, -0.1) is 0 Å². The lowest BCUT2D eigenvalue weighted by atomic mass is 9.68. The Bertz CT molecular complexity index is 1140. The molecule has 0 spiro atoms. The number of Topliss-reactive ketones (excluding diaryl/α,β-unsaturated/α-hetero) is 1. The highest BCUT2D eigenvalue weighted by Crippen LogP contribution is 2.49. The highest BCUT2D eigenvalue weighted by molar-refractivity contribution is 5.80. The highest BCUT2D eigenvalue weighted by Gasteiger charge is 2.45. The molecule has 5 nitrogen and oxygen atoms in total. The van der Waals surface area contributed by atoms with Crippen molar-refractivity contribution in [3.8, 4) is 5.75 Å². The van der Waals surface area contributed by atoms with Crippen molar-refractivity contribution < 1.29 is 23.8 Å². The zero-order valence-electron chi connectivity index (χ0n) is 35.0. The molecule has 1 heterocycles. The fourth-order valence-corrected chi connectivity index (χ4v) is 5.60. The number of fused-ring (bicyclic) bond motifs is 1. The molecule has 2 unspecified atom stereocenters. The Hall–Kier alpha value is -1.88. The van der Waals surface area contributed by atoms with E-state index in [2.05, 4.69) is 96.9 Å². The summed E-state index contributed by atoms with van der Waals surface area (Å²) in [4.78, 5) is 21.7. The van der Waals surface area contributed by atoms with Gasteiger partial charge < -0.3 is 19.0 Å². The number of methoxy groups -OCH3 is 1. The molecule has 0 bridgehead atoms. The Morgan fingerprint density at radius 2 is 1.35 bits per heavy atom. The van der Waals surface area contributed by atoms with E-state index in [0.29, 0.717) is 12.0 Å². The molecular weight excluding hydrogens is 596 g/mol. The number of carbonyl (C=O) groups excluding carboxylic acids is 2. The SMILES string of the molecule is CCC(C)(C)COC.CCC(C)(C)COC(=O)CCC(C)=O.Cc1c(C)c(C)c2c(c1C)CCC(C)(C(C)(C)CCCC(C)C(C)C)O2. The summed E-state index contributed by atoms with van der Waals surface area (Å²) < 4.78 is 16.9. The van der Waals surface area contributed by atoms with Crippen molar-refractivity contribution in [3.63, 3.8) is 0 Å². The van der Waals surface area contributed by atoms with E-state index in [1.807, 2.05) is 13.8 Å². The maximum Gasteiger partial charge on any atom is 0.306 e. The second-order valence-electron chi connectivity index (χ2n) is 17.5. The second kappa shape index (κ2) is 20.1. The summed E-state index contributed by atoms with van der Waals surface area (Å²) >= 11 is 0. The summed E-state index contributed by atoms with van der Waals surface area (Å²) in [5.74, 6) is 2.52. The Labute approximate surface area is 298 Å². The molecule has 48 heavy (non-hydrogen) atoms. The fraction of sp³-hybridized carbons (Fsp3) is 0.814. The molecule has 0 saturated carbocycles. The summed E-state index contributed by atoms with van der Waals surface area (Å²) in [6.45, 7) is 38.8. The Balaban J connectivity index is 0.000000839. The van der Waals surface area contributed by atoms with Crippen molar-refractivity contribution >= 4 is 11.8 Å². The quantitative estimate of drug-likeness (QED) is 0.173. The van der Waals surface area contributed by atoms with E-state index in [0.717, 1.165) is 37.7 Å². The molecule has 2 atom stereocenters. The lowest BCUT2D eigenvalue weighted by molar-refractivity contribution is -0.147. The van der Waals surface area contributed by atoms with Gasteiger partial charge in [0.05, 0.1) is 19.6 Å². The molecule has 0 amide bonds. The van der Waals surface area contributed by atoms with Crippen LogP contribution in [0, 0.1) is 55.8 Å².